The number of carboxylic acid groups (broad SMARTS) is 2. The Labute approximate surface area is 233 Å². The molecule has 1 aliphatic carbocycles. The number of nitrogens with zero attached hydrogens (tertiary/aromatic N) is 2. The van der Waals surface area contributed by atoms with Gasteiger partial charge in [0.15, 0.2) is 0 Å². The van der Waals surface area contributed by atoms with Gasteiger partial charge in [0, 0.05) is 32.3 Å². The highest BCUT2D eigenvalue weighted by molar-refractivity contribution is 7.22. The van der Waals surface area contributed by atoms with Crippen LogP contribution in [0, 0.1) is 0 Å². The van der Waals surface area contributed by atoms with Gasteiger partial charge in [-0.3, -0.25) is 4.98 Å². The Morgan fingerprint density at radius 1 is 1.13 bits per heavy atom. The Bertz CT molecular complexity index is 1680. The zero-order valence-corrected chi connectivity index (χ0v) is 22.8. The summed E-state index contributed by atoms with van der Waals surface area (Å²) in [6.07, 6.45) is 12.7. The normalized spacial score (nSPS) is 18.9. The summed E-state index contributed by atoms with van der Waals surface area (Å²) < 4.78 is 0. The highest BCUT2D eigenvalue weighted by Gasteiger charge is 2.38. The highest BCUT2D eigenvalue weighted by atomic mass is 32.1. The number of aromatic nitrogens is 1. The van der Waals surface area contributed by atoms with E-state index in [0.717, 1.165) is 5.57 Å². The van der Waals surface area contributed by atoms with Crippen LogP contribution < -0.4 is 5.32 Å². The van der Waals surface area contributed by atoms with Crippen LogP contribution in [0.1, 0.15) is 57.6 Å². The van der Waals surface area contributed by atoms with E-state index < -0.39 is 18.0 Å². The van der Waals surface area contributed by atoms with E-state index in [4.69, 9.17) is 0 Å². The molecule has 9 heteroatoms. The van der Waals surface area contributed by atoms with Crippen LogP contribution in [0.15, 0.2) is 77.4 Å². The van der Waals surface area contributed by atoms with E-state index in [9.17, 15) is 19.8 Å². The molecule has 5 heterocycles. The van der Waals surface area contributed by atoms with Crippen LogP contribution in [0.4, 0.5) is 0 Å². The van der Waals surface area contributed by atoms with Gasteiger partial charge in [0.1, 0.15) is 0 Å². The quantitative estimate of drug-likeness (QED) is 0.311. The van der Waals surface area contributed by atoms with Gasteiger partial charge in [-0.05, 0) is 58.5 Å². The number of nitrogens with one attached hydrogen (secondary N) is 1. The Hall–Kier alpha value is -4.21. The molecule has 196 valence electrons. The number of aliphatic carboxylic acids is 1. The minimum atomic E-state index is -1.09. The maximum Gasteiger partial charge on any atom is 0.335 e. The molecular weight excluding hydrogens is 530 g/mol. The van der Waals surface area contributed by atoms with Crippen molar-refractivity contribution in [3.8, 4) is 9.75 Å². The van der Waals surface area contributed by atoms with E-state index in [1.807, 2.05) is 18.2 Å². The summed E-state index contributed by atoms with van der Waals surface area (Å²) in [6, 6.07) is 6.97. The molecule has 0 bridgehead atoms. The topological polar surface area (TPSA) is 114 Å². The molecule has 1 unspecified atom stereocenters. The van der Waals surface area contributed by atoms with Gasteiger partial charge in [0.05, 0.1) is 22.5 Å². The molecule has 0 saturated heterocycles. The highest BCUT2D eigenvalue weighted by Crippen LogP contribution is 2.54. The van der Waals surface area contributed by atoms with E-state index >= 15 is 0 Å². The van der Waals surface area contributed by atoms with Crippen LogP contribution >= 0.6 is 22.7 Å². The Morgan fingerprint density at radius 3 is 2.77 bits per heavy atom. The largest absolute Gasteiger partial charge is 0.680 e. The fourth-order valence-electron chi connectivity index (χ4n) is 5.02. The van der Waals surface area contributed by atoms with Crippen molar-refractivity contribution in [3.05, 3.63) is 116 Å². The van der Waals surface area contributed by atoms with Crippen molar-refractivity contribution in [1.82, 2.24) is 10.3 Å². The zero-order chi connectivity index (χ0) is 27.3. The summed E-state index contributed by atoms with van der Waals surface area (Å²) in [4.78, 5) is 31.9. The number of carboxylic acids is 2. The van der Waals surface area contributed by atoms with Gasteiger partial charge >= 0.3 is 11.9 Å². The van der Waals surface area contributed by atoms with E-state index in [0.29, 0.717) is 23.6 Å². The molecule has 0 radical (unpaired) electrons. The van der Waals surface area contributed by atoms with Gasteiger partial charge in [0.25, 0.3) is 0 Å². The van der Waals surface area contributed by atoms with E-state index in [1.54, 1.807) is 34.9 Å². The Balaban J connectivity index is 1.29. The summed E-state index contributed by atoms with van der Waals surface area (Å²) in [5, 5.41) is 28.9. The minimum absolute atomic E-state index is 0.00340. The van der Waals surface area contributed by atoms with Gasteiger partial charge in [-0.25, -0.2) is 9.59 Å². The predicted octanol–water partition coefficient (Wildman–Crippen LogP) is 6.75. The van der Waals surface area contributed by atoms with Crippen molar-refractivity contribution in [2.24, 2.45) is 0 Å². The standard InChI is InChI=1S/C30H24N3O4S2/c1-30(2)20-7-10-38-26(20)27-21(30)15-19(39-27)4-3-16-5-8-31-22(11-16)24-13-18(29(36)37)14-25(33-24)23-12-17(28(34)35)6-9-32-23/h3-8,10-15,22,32H,9H2,1-2H3,(H,34,35)(H,36,37)/q-1/b4-3+. The Morgan fingerprint density at radius 2 is 1.97 bits per heavy atom. The fraction of sp³-hybridized carbons (Fsp3) is 0.167. The molecule has 3 aromatic rings. The van der Waals surface area contributed by atoms with E-state index in [2.05, 4.69) is 53.1 Å². The molecule has 6 rings (SSSR count). The summed E-state index contributed by atoms with van der Waals surface area (Å²) >= 11 is 3.59. The van der Waals surface area contributed by atoms with Crippen LogP contribution in [0.2, 0.25) is 0 Å². The lowest BCUT2D eigenvalue weighted by atomic mass is 9.84. The van der Waals surface area contributed by atoms with Crippen molar-refractivity contribution in [2.45, 2.75) is 25.3 Å². The molecule has 0 saturated carbocycles. The summed E-state index contributed by atoms with van der Waals surface area (Å²) in [5.41, 5.74) is 5.18. The average Bonchev–Trinajstić information content (AvgIpc) is 3.63. The SMILES string of the molecule is CC1(C)c2ccsc2-c2sc(/C=C/C3=CC(c4cc(C(=O)O)cc(C5=CC(C(=O)O)=CCN5)n4)[N-]C=C3)cc21. The van der Waals surface area contributed by atoms with Crippen LogP contribution in [-0.2, 0) is 10.2 Å². The van der Waals surface area contributed by atoms with Gasteiger partial charge < -0.3 is 20.8 Å². The molecule has 3 N–H and O–H groups in total. The second kappa shape index (κ2) is 9.52. The number of thiophene rings is 2. The second-order valence-electron chi connectivity index (χ2n) is 9.96. The third-order valence-electron chi connectivity index (χ3n) is 7.11. The van der Waals surface area contributed by atoms with Crippen LogP contribution in [0.3, 0.4) is 0 Å². The molecule has 0 spiro atoms. The second-order valence-corrected chi connectivity index (χ2v) is 12.0. The van der Waals surface area contributed by atoms with Gasteiger partial charge in [-0.15, -0.1) is 22.7 Å². The number of aromatic carboxylic acids is 1. The number of carbonyl (C=O) groups is 2. The molecule has 0 amide bonds. The van der Waals surface area contributed by atoms with Crippen molar-refractivity contribution in [2.75, 3.05) is 6.54 Å². The van der Waals surface area contributed by atoms with Crippen LogP contribution in [0.25, 0.3) is 26.8 Å². The number of hydrogen-bond donors (Lipinski definition) is 3. The Kier molecular flexibility index (Phi) is 6.12. The van der Waals surface area contributed by atoms with Crippen molar-refractivity contribution in [3.63, 3.8) is 0 Å². The first kappa shape index (κ1) is 25.1. The third-order valence-corrected chi connectivity index (χ3v) is 9.28. The number of allylic oxidation sites excluding steroid dienone is 3. The molecule has 3 aliphatic rings. The average molecular weight is 555 g/mol. The molecule has 39 heavy (non-hydrogen) atoms. The monoisotopic (exact) mass is 554 g/mol. The molecule has 3 aromatic heterocycles. The first-order valence-corrected chi connectivity index (χ1v) is 14.0. The third kappa shape index (κ3) is 4.53. The molecule has 1 atom stereocenters. The lowest BCUT2D eigenvalue weighted by Crippen LogP contribution is -2.20. The van der Waals surface area contributed by atoms with Gasteiger partial charge in [-0.2, -0.15) is 6.20 Å². The van der Waals surface area contributed by atoms with E-state index in [1.165, 1.54) is 44.0 Å². The first-order valence-electron chi connectivity index (χ1n) is 12.3. The molecule has 0 fully saturated rings. The minimum Gasteiger partial charge on any atom is -0.680 e. The lowest BCUT2D eigenvalue weighted by Gasteiger charge is -2.30. The molecule has 0 aromatic carbocycles. The molecular formula is C30H24N3O4S2-. The number of hydrogen-bond acceptors (Lipinski definition) is 6. The maximum absolute atomic E-state index is 11.9. The number of dihydropyridines is 1. The summed E-state index contributed by atoms with van der Waals surface area (Å²) in [5.74, 6) is -2.14. The molecule has 7 nitrogen and oxygen atoms in total. The predicted molar refractivity (Wildman–Crippen MR) is 155 cm³/mol. The summed E-state index contributed by atoms with van der Waals surface area (Å²) in [7, 11) is 0. The van der Waals surface area contributed by atoms with E-state index in [-0.39, 0.29) is 16.6 Å². The fourth-order valence-corrected chi connectivity index (χ4v) is 7.47. The smallest absolute Gasteiger partial charge is 0.335 e. The van der Waals surface area contributed by atoms with Gasteiger partial charge in [-0.1, -0.05) is 44.2 Å². The zero-order valence-electron chi connectivity index (χ0n) is 21.1. The number of fused-ring (bicyclic) bond motifs is 3. The maximum atomic E-state index is 11.9. The first-order chi connectivity index (χ1) is 18.7. The number of pyridine rings is 1. The number of rotatable bonds is 6. The lowest BCUT2D eigenvalue weighted by molar-refractivity contribution is -0.132. The van der Waals surface area contributed by atoms with Crippen LogP contribution in [-0.4, -0.2) is 33.7 Å². The van der Waals surface area contributed by atoms with Gasteiger partial charge in [0.2, 0.25) is 0 Å². The van der Waals surface area contributed by atoms with Crippen molar-refractivity contribution in [1.29, 1.82) is 0 Å². The molecule has 2 aliphatic heterocycles. The van der Waals surface area contributed by atoms with Crippen molar-refractivity contribution >= 4 is 46.4 Å². The van der Waals surface area contributed by atoms with Crippen LogP contribution in [0.5, 0.6) is 0 Å². The van der Waals surface area contributed by atoms with Crippen molar-refractivity contribution < 1.29 is 19.8 Å². The summed E-state index contributed by atoms with van der Waals surface area (Å²) in [6.45, 7) is 4.85.